The minimum absolute atomic E-state index is 0.164. The second-order valence-corrected chi connectivity index (χ2v) is 3.00. The molecule has 0 spiro atoms. The van der Waals surface area contributed by atoms with Crippen LogP contribution in [0.2, 0.25) is 0 Å². The van der Waals surface area contributed by atoms with Gasteiger partial charge in [-0.25, -0.2) is 0 Å². The van der Waals surface area contributed by atoms with Crippen molar-refractivity contribution in [3.05, 3.63) is 6.42 Å². The molecular weight excluding hydrogens is 146 g/mol. The van der Waals surface area contributed by atoms with Gasteiger partial charge in [-0.2, -0.15) is 0 Å². The number of nitrogens with two attached hydrogens (primary N) is 1. The number of carbonyl (C=O) groups is 2. The Labute approximate surface area is 65.4 Å². The highest BCUT2D eigenvalue weighted by atomic mass is 16.4. The van der Waals surface area contributed by atoms with Gasteiger partial charge in [-0.3, -0.25) is 9.59 Å². The van der Waals surface area contributed by atoms with E-state index in [0.717, 1.165) is 0 Å². The topological polar surface area (TPSA) is 80.4 Å². The second-order valence-electron chi connectivity index (χ2n) is 3.00. The van der Waals surface area contributed by atoms with Crippen molar-refractivity contribution < 1.29 is 14.7 Å². The van der Waals surface area contributed by atoms with Gasteiger partial charge < -0.3 is 10.8 Å². The van der Waals surface area contributed by atoms with Crippen LogP contribution in [0.5, 0.6) is 0 Å². The lowest BCUT2D eigenvalue weighted by atomic mass is 9.88. The molecule has 0 fully saturated rings. The van der Waals surface area contributed by atoms with Gasteiger partial charge in [0.25, 0.3) is 0 Å². The van der Waals surface area contributed by atoms with Crippen LogP contribution < -0.4 is 5.73 Å². The van der Waals surface area contributed by atoms with E-state index in [1.807, 2.05) is 0 Å². The Balaban J connectivity index is 3.92. The van der Waals surface area contributed by atoms with Gasteiger partial charge in [-0.1, -0.05) is 0 Å². The van der Waals surface area contributed by atoms with Crippen LogP contribution in [-0.2, 0) is 9.59 Å². The van der Waals surface area contributed by atoms with Crippen molar-refractivity contribution in [2.24, 2.45) is 11.1 Å². The molecule has 0 aliphatic carbocycles. The van der Waals surface area contributed by atoms with E-state index in [-0.39, 0.29) is 6.42 Å². The molecule has 0 saturated carbocycles. The molecule has 4 nitrogen and oxygen atoms in total. The summed E-state index contributed by atoms with van der Waals surface area (Å²) in [6, 6.07) is 0. The highest BCUT2D eigenvalue weighted by molar-refractivity contribution is 5.84. The first-order valence-electron chi connectivity index (χ1n) is 3.22. The minimum Gasteiger partial charge on any atom is -0.481 e. The number of carboxylic acids is 1. The summed E-state index contributed by atoms with van der Waals surface area (Å²) in [7, 11) is 0. The summed E-state index contributed by atoms with van der Waals surface area (Å²) in [6.45, 7) is 3.07. The van der Waals surface area contributed by atoms with Crippen LogP contribution in [0.4, 0.5) is 0 Å². The molecule has 0 heterocycles. The van der Waals surface area contributed by atoms with E-state index in [4.69, 9.17) is 10.8 Å². The van der Waals surface area contributed by atoms with Gasteiger partial charge in [-0.15, -0.1) is 0 Å². The summed E-state index contributed by atoms with van der Waals surface area (Å²) in [6.07, 6.45) is 1.34. The quantitative estimate of drug-likeness (QED) is 0.612. The maximum atomic E-state index is 10.5. The molecular formula is C7H12NO3. The van der Waals surface area contributed by atoms with Crippen LogP contribution in [0.25, 0.3) is 0 Å². The SMILES string of the molecule is CC(C)(C[CH]C(N)=O)C(=O)O. The Hall–Kier alpha value is -1.06. The molecule has 11 heavy (non-hydrogen) atoms. The summed E-state index contributed by atoms with van der Waals surface area (Å²) in [5, 5.41) is 8.58. The van der Waals surface area contributed by atoms with Crippen molar-refractivity contribution in [1.82, 2.24) is 0 Å². The summed E-state index contributed by atoms with van der Waals surface area (Å²) in [5.74, 6) is -1.52. The number of aliphatic carboxylic acids is 1. The summed E-state index contributed by atoms with van der Waals surface area (Å²) in [5.41, 5.74) is 3.90. The molecule has 3 N–H and O–H groups in total. The van der Waals surface area contributed by atoms with Crippen LogP contribution in [0.1, 0.15) is 20.3 Å². The van der Waals surface area contributed by atoms with Gasteiger partial charge in [-0.05, 0) is 20.3 Å². The van der Waals surface area contributed by atoms with E-state index >= 15 is 0 Å². The van der Waals surface area contributed by atoms with Crippen LogP contribution >= 0.6 is 0 Å². The molecule has 0 aromatic heterocycles. The maximum Gasteiger partial charge on any atom is 0.309 e. The normalized spacial score (nSPS) is 11.1. The number of amides is 1. The van der Waals surface area contributed by atoms with E-state index in [9.17, 15) is 9.59 Å². The molecule has 0 saturated heterocycles. The van der Waals surface area contributed by atoms with Crippen LogP contribution in [0, 0.1) is 11.8 Å². The van der Waals surface area contributed by atoms with Crippen LogP contribution in [0.15, 0.2) is 0 Å². The lowest BCUT2D eigenvalue weighted by Crippen LogP contribution is -2.26. The van der Waals surface area contributed by atoms with Crippen molar-refractivity contribution in [1.29, 1.82) is 0 Å². The zero-order chi connectivity index (χ0) is 9.07. The minimum atomic E-state index is -0.935. The summed E-state index contributed by atoms with van der Waals surface area (Å²) < 4.78 is 0. The first kappa shape index (κ1) is 9.94. The van der Waals surface area contributed by atoms with E-state index in [1.165, 1.54) is 20.3 Å². The zero-order valence-corrected chi connectivity index (χ0v) is 6.63. The number of hydrogen-bond acceptors (Lipinski definition) is 2. The molecule has 1 radical (unpaired) electrons. The van der Waals surface area contributed by atoms with E-state index in [2.05, 4.69) is 0 Å². The summed E-state index contributed by atoms with van der Waals surface area (Å²) in [4.78, 5) is 20.7. The highest BCUT2D eigenvalue weighted by Crippen LogP contribution is 2.21. The van der Waals surface area contributed by atoms with Gasteiger partial charge in [0.15, 0.2) is 0 Å². The largest absolute Gasteiger partial charge is 0.481 e. The van der Waals surface area contributed by atoms with Crippen molar-refractivity contribution in [2.75, 3.05) is 0 Å². The first-order chi connectivity index (χ1) is 4.86. The fourth-order valence-electron chi connectivity index (χ4n) is 0.443. The fraction of sp³-hybridized carbons (Fsp3) is 0.571. The van der Waals surface area contributed by atoms with Gasteiger partial charge in [0, 0.05) is 0 Å². The van der Waals surface area contributed by atoms with Crippen LogP contribution in [0.3, 0.4) is 0 Å². The number of hydrogen-bond donors (Lipinski definition) is 2. The molecule has 0 aliphatic heterocycles. The zero-order valence-electron chi connectivity index (χ0n) is 6.63. The Kier molecular flexibility index (Phi) is 3.04. The maximum absolute atomic E-state index is 10.5. The third kappa shape index (κ3) is 3.60. The van der Waals surface area contributed by atoms with Crippen molar-refractivity contribution in [2.45, 2.75) is 20.3 Å². The Morgan fingerprint density at radius 1 is 1.55 bits per heavy atom. The van der Waals surface area contributed by atoms with E-state index in [1.54, 1.807) is 0 Å². The van der Waals surface area contributed by atoms with Crippen molar-refractivity contribution in [3.8, 4) is 0 Å². The molecule has 0 atom stereocenters. The molecule has 4 heteroatoms. The van der Waals surface area contributed by atoms with Crippen molar-refractivity contribution >= 4 is 11.9 Å². The van der Waals surface area contributed by atoms with E-state index < -0.39 is 17.3 Å². The molecule has 1 amide bonds. The standard InChI is InChI=1S/C7H12NO3/c1-7(2,6(10)11)4-3-5(8)9/h3H,4H2,1-2H3,(H2,8,9)(H,10,11). The smallest absolute Gasteiger partial charge is 0.309 e. The van der Waals surface area contributed by atoms with Crippen LogP contribution in [-0.4, -0.2) is 17.0 Å². The van der Waals surface area contributed by atoms with Gasteiger partial charge in [0.2, 0.25) is 5.91 Å². The number of carbonyl (C=O) groups excluding carboxylic acids is 1. The Morgan fingerprint density at radius 3 is 2.27 bits per heavy atom. The average Bonchev–Trinajstić information content (AvgIpc) is 1.84. The Bertz CT molecular complexity index is 175. The van der Waals surface area contributed by atoms with Gasteiger partial charge in [0.05, 0.1) is 11.8 Å². The molecule has 63 valence electrons. The Morgan fingerprint density at radius 2 is 2.00 bits per heavy atom. The number of primary amides is 1. The van der Waals surface area contributed by atoms with Gasteiger partial charge in [0.1, 0.15) is 0 Å². The van der Waals surface area contributed by atoms with E-state index in [0.29, 0.717) is 0 Å². The second kappa shape index (κ2) is 3.37. The molecule has 0 aromatic carbocycles. The lowest BCUT2D eigenvalue weighted by Gasteiger charge is -2.16. The third-order valence-electron chi connectivity index (χ3n) is 1.39. The molecule has 0 aliphatic rings. The first-order valence-corrected chi connectivity index (χ1v) is 3.22. The number of carboxylic acid groups (broad SMARTS) is 1. The van der Waals surface area contributed by atoms with Crippen molar-refractivity contribution in [3.63, 3.8) is 0 Å². The predicted molar refractivity (Wildman–Crippen MR) is 39.5 cm³/mol. The monoisotopic (exact) mass is 158 g/mol. The van der Waals surface area contributed by atoms with Gasteiger partial charge >= 0.3 is 5.97 Å². The number of rotatable bonds is 4. The highest BCUT2D eigenvalue weighted by Gasteiger charge is 2.27. The predicted octanol–water partition coefficient (Wildman–Crippen LogP) is 0.177. The molecule has 0 aromatic rings. The molecule has 0 rings (SSSR count). The lowest BCUT2D eigenvalue weighted by molar-refractivity contribution is -0.146. The summed E-state index contributed by atoms with van der Waals surface area (Å²) >= 11 is 0. The third-order valence-corrected chi connectivity index (χ3v) is 1.39. The fourth-order valence-corrected chi connectivity index (χ4v) is 0.443. The average molecular weight is 158 g/mol. The molecule has 0 bridgehead atoms. The molecule has 0 unspecified atom stereocenters.